The summed E-state index contributed by atoms with van der Waals surface area (Å²) in [6.45, 7) is 2.01. The molecule has 0 N–H and O–H groups in total. The lowest BCUT2D eigenvalue weighted by molar-refractivity contribution is 0.965. The van der Waals surface area contributed by atoms with Crippen LogP contribution in [0.3, 0.4) is 0 Å². The van der Waals surface area contributed by atoms with Crippen LogP contribution in [0.1, 0.15) is 12.7 Å². The van der Waals surface area contributed by atoms with Crippen LogP contribution in [0.5, 0.6) is 0 Å². The van der Waals surface area contributed by atoms with E-state index in [1.807, 2.05) is 13.0 Å². The Kier molecular flexibility index (Phi) is 2.53. The van der Waals surface area contributed by atoms with E-state index in [0.29, 0.717) is 5.15 Å². The molecular weight excluding hydrogens is 272 g/mol. The molecule has 0 saturated carbocycles. The van der Waals surface area contributed by atoms with Gasteiger partial charge in [0, 0.05) is 11.8 Å². The van der Waals surface area contributed by atoms with Gasteiger partial charge >= 0.3 is 0 Å². The zero-order valence-corrected chi connectivity index (χ0v) is 10.0. The summed E-state index contributed by atoms with van der Waals surface area (Å²) in [5.74, 6) is 0.798. The molecule has 0 fully saturated rings. The average Bonchev–Trinajstić information content (AvgIpc) is 2.46. The van der Waals surface area contributed by atoms with E-state index in [1.54, 1.807) is 11.3 Å². The molecule has 0 unspecified atom stereocenters. The van der Waals surface area contributed by atoms with Crippen LogP contribution in [0.2, 0.25) is 5.15 Å². The van der Waals surface area contributed by atoms with Crippen LogP contribution in [0.4, 0.5) is 0 Å². The molecule has 0 radical (unpaired) electrons. The number of hydrogen-bond acceptors (Lipinski definition) is 3. The topological polar surface area (TPSA) is 25.8 Å². The number of rotatable bonds is 1. The van der Waals surface area contributed by atoms with Crippen molar-refractivity contribution in [2.45, 2.75) is 13.3 Å². The van der Waals surface area contributed by atoms with Crippen LogP contribution in [0, 0.1) is 0 Å². The van der Waals surface area contributed by atoms with Gasteiger partial charge in [-0.1, -0.05) is 18.5 Å². The van der Waals surface area contributed by atoms with Gasteiger partial charge in [-0.05, 0) is 22.0 Å². The zero-order valence-electron chi connectivity index (χ0n) is 6.84. The minimum Gasteiger partial charge on any atom is -0.222 e. The molecule has 2 aromatic rings. The maximum absolute atomic E-state index is 5.99. The van der Waals surface area contributed by atoms with Gasteiger partial charge in [0.15, 0.2) is 0 Å². The van der Waals surface area contributed by atoms with Crippen molar-refractivity contribution in [2.75, 3.05) is 0 Å². The quantitative estimate of drug-likeness (QED) is 0.743. The molecule has 2 nitrogen and oxygen atoms in total. The molecule has 0 saturated heterocycles. The maximum Gasteiger partial charge on any atom is 0.141 e. The third-order valence-corrected chi connectivity index (χ3v) is 3.50. The summed E-state index contributed by atoms with van der Waals surface area (Å²) in [4.78, 5) is 9.49. The van der Waals surface area contributed by atoms with Crippen LogP contribution < -0.4 is 0 Å². The number of fused-ring (bicyclic) bond motifs is 1. The summed E-state index contributed by atoms with van der Waals surface area (Å²) in [5, 5.41) is 1.47. The van der Waals surface area contributed by atoms with Gasteiger partial charge in [0.2, 0.25) is 0 Å². The second-order valence-electron chi connectivity index (χ2n) is 2.55. The molecule has 0 aliphatic heterocycles. The van der Waals surface area contributed by atoms with E-state index in [2.05, 4.69) is 25.9 Å². The van der Waals surface area contributed by atoms with Crippen molar-refractivity contribution >= 4 is 49.1 Å². The van der Waals surface area contributed by atoms with E-state index >= 15 is 0 Å². The normalized spacial score (nSPS) is 11.0. The monoisotopic (exact) mass is 276 g/mol. The lowest BCUT2D eigenvalue weighted by Gasteiger charge is -1.96. The van der Waals surface area contributed by atoms with E-state index in [1.165, 1.54) is 0 Å². The molecule has 2 rings (SSSR count). The summed E-state index contributed by atoms with van der Waals surface area (Å²) < 4.78 is 1.03. The zero-order chi connectivity index (χ0) is 9.42. The Morgan fingerprint density at radius 3 is 3.00 bits per heavy atom. The molecule has 13 heavy (non-hydrogen) atoms. The lowest BCUT2D eigenvalue weighted by Crippen LogP contribution is -1.91. The van der Waals surface area contributed by atoms with Gasteiger partial charge < -0.3 is 0 Å². The fourth-order valence-corrected chi connectivity index (χ4v) is 2.82. The van der Waals surface area contributed by atoms with Crippen molar-refractivity contribution in [2.24, 2.45) is 0 Å². The van der Waals surface area contributed by atoms with E-state index < -0.39 is 0 Å². The van der Waals surface area contributed by atoms with Crippen LogP contribution in [0.25, 0.3) is 10.2 Å². The smallest absolute Gasteiger partial charge is 0.141 e. The molecule has 68 valence electrons. The van der Waals surface area contributed by atoms with E-state index in [0.717, 1.165) is 26.2 Å². The summed E-state index contributed by atoms with van der Waals surface area (Å²) in [7, 11) is 0. The fourth-order valence-electron chi connectivity index (χ4n) is 1.06. The molecule has 2 heterocycles. The largest absolute Gasteiger partial charge is 0.222 e. The van der Waals surface area contributed by atoms with Gasteiger partial charge in [-0.3, -0.25) is 0 Å². The number of aromatic nitrogens is 2. The summed E-state index contributed by atoms with van der Waals surface area (Å²) in [6, 6.07) is 1.95. The Hall–Kier alpha value is -0.190. The molecule has 0 aromatic carbocycles. The molecule has 5 heteroatoms. The summed E-state index contributed by atoms with van der Waals surface area (Å²) in [6.07, 6.45) is 0.811. The molecule has 0 aliphatic carbocycles. The number of thiophene rings is 1. The number of nitrogens with zero attached hydrogens (tertiary/aromatic N) is 2. The van der Waals surface area contributed by atoms with Crippen molar-refractivity contribution in [3.05, 3.63) is 20.8 Å². The Morgan fingerprint density at radius 1 is 1.54 bits per heavy atom. The fraction of sp³-hybridized carbons (Fsp3) is 0.250. The molecule has 0 spiro atoms. The molecule has 0 aliphatic rings. The standard InChI is InChI=1S/C8H6BrClN2S/c1-2-6-11-7(10)4-3-5(9)13-8(4)12-6/h3H,2H2,1H3. The Balaban J connectivity index is 2.75. The van der Waals surface area contributed by atoms with Crippen molar-refractivity contribution in [1.82, 2.24) is 9.97 Å². The second-order valence-corrected chi connectivity index (χ2v) is 5.32. The van der Waals surface area contributed by atoms with Gasteiger partial charge in [-0.2, -0.15) is 0 Å². The van der Waals surface area contributed by atoms with Gasteiger partial charge in [0.1, 0.15) is 15.8 Å². The summed E-state index contributed by atoms with van der Waals surface area (Å²) >= 11 is 11.0. The van der Waals surface area contributed by atoms with Gasteiger partial charge in [0.25, 0.3) is 0 Å². The third-order valence-electron chi connectivity index (χ3n) is 1.68. The highest BCUT2D eigenvalue weighted by atomic mass is 79.9. The lowest BCUT2D eigenvalue weighted by atomic mass is 10.4. The Morgan fingerprint density at radius 2 is 2.31 bits per heavy atom. The third kappa shape index (κ3) is 1.71. The van der Waals surface area contributed by atoms with Gasteiger partial charge in [-0.25, -0.2) is 9.97 Å². The van der Waals surface area contributed by atoms with E-state index in [-0.39, 0.29) is 0 Å². The second kappa shape index (κ2) is 3.52. The molecular formula is C8H6BrClN2S. The first kappa shape index (κ1) is 9.37. The van der Waals surface area contributed by atoms with Crippen molar-refractivity contribution < 1.29 is 0 Å². The van der Waals surface area contributed by atoms with Crippen LogP contribution in [-0.4, -0.2) is 9.97 Å². The Labute approximate surface area is 93.1 Å². The number of aryl methyl sites for hydroxylation is 1. The van der Waals surface area contributed by atoms with E-state index in [4.69, 9.17) is 11.6 Å². The summed E-state index contributed by atoms with van der Waals surface area (Å²) in [5.41, 5.74) is 0. The SMILES string of the molecule is CCc1nc(Cl)c2cc(Br)sc2n1. The van der Waals surface area contributed by atoms with E-state index in [9.17, 15) is 0 Å². The Bertz CT molecular complexity index is 455. The van der Waals surface area contributed by atoms with Crippen LogP contribution in [-0.2, 0) is 6.42 Å². The molecule has 0 amide bonds. The predicted octanol–water partition coefficient (Wildman–Crippen LogP) is 3.67. The predicted molar refractivity (Wildman–Crippen MR) is 59.5 cm³/mol. The molecule has 0 bridgehead atoms. The highest BCUT2D eigenvalue weighted by molar-refractivity contribution is 9.11. The highest BCUT2D eigenvalue weighted by Gasteiger charge is 2.07. The first-order chi connectivity index (χ1) is 6.20. The first-order valence-electron chi connectivity index (χ1n) is 3.82. The minimum absolute atomic E-state index is 0.545. The number of halogens is 2. The highest BCUT2D eigenvalue weighted by Crippen LogP contribution is 2.31. The first-order valence-corrected chi connectivity index (χ1v) is 5.81. The van der Waals surface area contributed by atoms with Crippen LogP contribution in [0.15, 0.2) is 9.85 Å². The van der Waals surface area contributed by atoms with Gasteiger partial charge in [0.05, 0.1) is 3.79 Å². The van der Waals surface area contributed by atoms with Crippen LogP contribution >= 0.6 is 38.9 Å². The van der Waals surface area contributed by atoms with Crippen molar-refractivity contribution in [3.8, 4) is 0 Å². The van der Waals surface area contributed by atoms with Crippen molar-refractivity contribution in [1.29, 1.82) is 0 Å². The molecule has 0 atom stereocenters. The number of hydrogen-bond donors (Lipinski definition) is 0. The minimum atomic E-state index is 0.545. The average molecular weight is 278 g/mol. The van der Waals surface area contributed by atoms with Gasteiger partial charge in [-0.15, -0.1) is 11.3 Å². The maximum atomic E-state index is 5.99. The molecule has 2 aromatic heterocycles. The van der Waals surface area contributed by atoms with Crippen molar-refractivity contribution in [3.63, 3.8) is 0 Å².